The van der Waals surface area contributed by atoms with Crippen LogP contribution in [0.4, 0.5) is 5.69 Å². The first-order chi connectivity index (χ1) is 11.1. The summed E-state index contributed by atoms with van der Waals surface area (Å²) in [4.78, 5) is 15.5. The van der Waals surface area contributed by atoms with Gasteiger partial charge in [0.25, 0.3) is 5.69 Å². The lowest BCUT2D eigenvalue weighted by Crippen LogP contribution is -3.29. The van der Waals surface area contributed by atoms with Crippen molar-refractivity contribution in [3.63, 3.8) is 0 Å². The molecule has 126 valence electrons. The predicted octanol–water partition coefficient (Wildman–Crippen LogP) is -2.44. The highest BCUT2D eigenvalue weighted by Crippen LogP contribution is 2.11. The number of nitro groups is 1. The van der Waals surface area contributed by atoms with Gasteiger partial charge in [0.05, 0.1) is 31.1 Å². The maximum Gasteiger partial charge on any atom is 0.269 e. The first-order valence-corrected chi connectivity index (χ1v) is 8.84. The minimum atomic E-state index is -0.331. The molecule has 6 heteroatoms. The zero-order valence-corrected chi connectivity index (χ0v) is 14.0. The molecule has 3 N–H and O–H groups in total. The van der Waals surface area contributed by atoms with Crippen LogP contribution in [0.1, 0.15) is 18.4 Å². The molecule has 2 saturated heterocycles. The standard InChI is InChI=1S/C17H26N4O2/c1-18-10-12-20(13-11-18)16-6-8-19(9-7-16)14-15-2-4-17(5-3-15)21(22)23/h2-5,16H,6-14H2,1H3/p+3. The molecule has 2 aliphatic heterocycles. The van der Waals surface area contributed by atoms with Crippen molar-refractivity contribution in [2.45, 2.75) is 25.4 Å². The molecule has 0 radical (unpaired) electrons. The fraction of sp³-hybridized carbons (Fsp3) is 0.647. The number of rotatable bonds is 4. The zero-order chi connectivity index (χ0) is 16.2. The number of piperazine rings is 1. The lowest BCUT2D eigenvalue weighted by molar-refractivity contribution is -1.02. The van der Waals surface area contributed by atoms with Gasteiger partial charge in [-0.15, -0.1) is 0 Å². The Kier molecular flexibility index (Phi) is 5.25. The molecule has 0 spiro atoms. The molecule has 2 heterocycles. The van der Waals surface area contributed by atoms with E-state index in [-0.39, 0.29) is 10.6 Å². The van der Waals surface area contributed by atoms with Crippen LogP contribution < -0.4 is 14.7 Å². The van der Waals surface area contributed by atoms with Crippen LogP contribution in [0.5, 0.6) is 0 Å². The molecule has 0 saturated carbocycles. The van der Waals surface area contributed by atoms with E-state index >= 15 is 0 Å². The van der Waals surface area contributed by atoms with E-state index in [2.05, 4.69) is 7.05 Å². The van der Waals surface area contributed by atoms with Crippen molar-refractivity contribution in [1.82, 2.24) is 0 Å². The minimum absolute atomic E-state index is 0.184. The summed E-state index contributed by atoms with van der Waals surface area (Å²) < 4.78 is 0. The Balaban J connectivity index is 1.46. The quantitative estimate of drug-likeness (QED) is 0.426. The fourth-order valence-electron chi connectivity index (χ4n) is 4.04. The highest BCUT2D eigenvalue weighted by atomic mass is 16.6. The van der Waals surface area contributed by atoms with Gasteiger partial charge < -0.3 is 14.7 Å². The van der Waals surface area contributed by atoms with Gasteiger partial charge in [-0.2, -0.15) is 0 Å². The van der Waals surface area contributed by atoms with Crippen LogP contribution in [0.25, 0.3) is 0 Å². The van der Waals surface area contributed by atoms with Gasteiger partial charge in [0.15, 0.2) is 0 Å². The van der Waals surface area contributed by atoms with Gasteiger partial charge in [-0.25, -0.2) is 0 Å². The van der Waals surface area contributed by atoms with E-state index in [1.54, 1.807) is 21.9 Å². The molecule has 3 rings (SSSR count). The summed E-state index contributed by atoms with van der Waals surface area (Å²) in [5.74, 6) is 0. The second-order valence-corrected chi connectivity index (χ2v) is 7.24. The molecule has 2 aliphatic rings. The van der Waals surface area contributed by atoms with Crippen molar-refractivity contribution >= 4 is 5.69 Å². The first kappa shape index (κ1) is 16.4. The Bertz CT molecular complexity index is 518. The largest absolute Gasteiger partial charge is 0.331 e. The highest BCUT2D eigenvalue weighted by Gasteiger charge is 2.32. The average Bonchev–Trinajstić information content (AvgIpc) is 2.57. The highest BCUT2D eigenvalue weighted by molar-refractivity contribution is 5.32. The summed E-state index contributed by atoms with van der Waals surface area (Å²) in [7, 11) is 2.30. The van der Waals surface area contributed by atoms with Crippen LogP contribution in [-0.4, -0.2) is 57.3 Å². The van der Waals surface area contributed by atoms with Crippen molar-refractivity contribution in [3.8, 4) is 0 Å². The monoisotopic (exact) mass is 321 g/mol. The second-order valence-electron chi connectivity index (χ2n) is 7.24. The Morgan fingerprint density at radius 3 is 2.22 bits per heavy atom. The number of benzene rings is 1. The number of non-ortho nitro benzene ring substituents is 1. The third-order valence-corrected chi connectivity index (χ3v) is 5.62. The molecule has 1 aromatic rings. The molecule has 1 aromatic carbocycles. The van der Waals surface area contributed by atoms with Crippen molar-refractivity contribution in [2.75, 3.05) is 46.3 Å². The number of nitrogens with one attached hydrogen (secondary N) is 3. The number of nitro benzene ring substituents is 1. The first-order valence-electron chi connectivity index (χ1n) is 8.84. The van der Waals surface area contributed by atoms with E-state index in [0.717, 1.165) is 12.6 Å². The third kappa shape index (κ3) is 4.28. The summed E-state index contributed by atoms with van der Waals surface area (Å²) in [6.45, 7) is 8.73. The van der Waals surface area contributed by atoms with Crippen LogP contribution in [0.3, 0.4) is 0 Å². The van der Waals surface area contributed by atoms with E-state index in [1.165, 1.54) is 57.7 Å². The van der Waals surface area contributed by atoms with Gasteiger partial charge >= 0.3 is 0 Å². The van der Waals surface area contributed by atoms with E-state index in [4.69, 9.17) is 0 Å². The lowest BCUT2D eigenvalue weighted by Gasteiger charge is -2.37. The molecule has 0 unspecified atom stereocenters. The SMILES string of the molecule is C[NH+]1CC[NH+](C2CC[NH+](Cc3ccc([N+](=O)[O-])cc3)CC2)CC1. The van der Waals surface area contributed by atoms with E-state index < -0.39 is 0 Å². The Morgan fingerprint density at radius 1 is 1.04 bits per heavy atom. The van der Waals surface area contributed by atoms with Crippen LogP contribution >= 0.6 is 0 Å². The van der Waals surface area contributed by atoms with Crippen molar-refractivity contribution in [3.05, 3.63) is 39.9 Å². The Morgan fingerprint density at radius 2 is 1.65 bits per heavy atom. The number of nitrogens with zero attached hydrogens (tertiary/aromatic N) is 1. The summed E-state index contributed by atoms with van der Waals surface area (Å²) >= 11 is 0. The number of likely N-dealkylation sites (N-methyl/N-ethyl adjacent to an activating group) is 1. The van der Waals surface area contributed by atoms with E-state index in [9.17, 15) is 10.1 Å². The Labute approximate surface area is 137 Å². The number of quaternary nitrogens is 3. The van der Waals surface area contributed by atoms with Crippen LogP contribution in [-0.2, 0) is 6.54 Å². The summed E-state index contributed by atoms with van der Waals surface area (Å²) in [6.07, 6.45) is 2.63. The molecule has 23 heavy (non-hydrogen) atoms. The maximum atomic E-state index is 10.7. The molecular formula is C17H29N4O2+3. The molecule has 0 aliphatic carbocycles. The van der Waals surface area contributed by atoms with Gasteiger partial charge in [0.2, 0.25) is 0 Å². The zero-order valence-electron chi connectivity index (χ0n) is 14.0. The second kappa shape index (κ2) is 7.38. The van der Waals surface area contributed by atoms with Gasteiger partial charge in [-0.05, 0) is 12.1 Å². The van der Waals surface area contributed by atoms with Crippen LogP contribution in [0.15, 0.2) is 24.3 Å². The smallest absolute Gasteiger partial charge is 0.269 e. The van der Waals surface area contributed by atoms with Crippen molar-refractivity contribution < 1.29 is 19.6 Å². The average molecular weight is 321 g/mol. The molecule has 0 atom stereocenters. The molecule has 6 nitrogen and oxygen atoms in total. The summed E-state index contributed by atoms with van der Waals surface area (Å²) in [5.41, 5.74) is 1.39. The molecular weight excluding hydrogens is 292 g/mol. The topological polar surface area (TPSA) is 56.5 Å². The minimum Gasteiger partial charge on any atom is -0.331 e. The molecule has 0 aromatic heterocycles. The van der Waals surface area contributed by atoms with Crippen LogP contribution in [0.2, 0.25) is 0 Å². The summed E-state index contributed by atoms with van der Waals surface area (Å²) in [6, 6.07) is 7.91. The predicted molar refractivity (Wildman–Crippen MR) is 87.8 cm³/mol. The van der Waals surface area contributed by atoms with Gasteiger partial charge in [0.1, 0.15) is 32.7 Å². The van der Waals surface area contributed by atoms with E-state index in [0.29, 0.717) is 0 Å². The summed E-state index contributed by atoms with van der Waals surface area (Å²) in [5, 5.41) is 10.7. The molecule has 0 bridgehead atoms. The molecule has 2 fully saturated rings. The number of hydrogen-bond acceptors (Lipinski definition) is 2. The molecule has 0 amide bonds. The van der Waals surface area contributed by atoms with Crippen molar-refractivity contribution in [1.29, 1.82) is 0 Å². The van der Waals surface area contributed by atoms with Gasteiger partial charge in [0, 0.05) is 30.5 Å². The number of hydrogen-bond donors (Lipinski definition) is 3. The van der Waals surface area contributed by atoms with Crippen molar-refractivity contribution in [2.24, 2.45) is 0 Å². The normalized spacial score (nSPS) is 31.7. The third-order valence-electron chi connectivity index (χ3n) is 5.62. The van der Waals surface area contributed by atoms with Gasteiger partial charge in [-0.3, -0.25) is 10.1 Å². The number of piperidine rings is 1. The fourth-order valence-corrected chi connectivity index (χ4v) is 4.04. The number of likely N-dealkylation sites (tertiary alicyclic amines) is 1. The van der Waals surface area contributed by atoms with Crippen LogP contribution in [0, 0.1) is 10.1 Å². The maximum absolute atomic E-state index is 10.7. The van der Waals surface area contributed by atoms with Gasteiger partial charge in [-0.1, -0.05) is 0 Å². The lowest BCUT2D eigenvalue weighted by atomic mass is 10.0. The Hall–Kier alpha value is -1.50. The van der Waals surface area contributed by atoms with E-state index in [1.807, 2.05) is 17.0 Å².